The van der Waals surface area contributed by atoms with Crippen molar-refractivity contribution in [1.29, 1.82) is 0 Å². The third-order valence-corrected chi connectivity index (χ3v) is 4.81. The Bertz CT molecular complexity index is 764. The van der Waals surface area contributed by atoms with Crippen LogP contribution in [0.4, 0.5) is 0 Å². The number of pyridine rings is 2. The first-order chi connectivity index (χ1) is 12.6. The lowest BCUT2D eigenvalue weighted by molar-refractivity contribution is -0.137. The van der Waals surface area contributed by atoms with Crippen molar-refractivity contribution in [2.75, 3.05) is 7.11 Å². The van der Waals surface area contributed by atoms with Crippen LogP contribution in [0.25, 0.3) is 0 Å². The largest absolute Gasteiger partial charge is 0.466 e. The van der Waals surface area contributed by atoms with Gasteiger partial charge in [0.2, 0.25) is 0 Å². The molecular formula is C20H24N4O2. The van der Waals surface area contributed by atoms with Gasteiger partial charge in [0, 0.05) is 50.1 Å². The average molecular weight is 352 g/mol. The molecule has 6 nitrogen and oxygen atoms in total. The van der Waals surface area contributed by atoms with E-state index in [-0.39, 0.29) is 18.2 Å². The Morgan fingerprint density at radius 1 is 1.08 bits per heavy atom. The fraction of sp³-hybridized carbons (Fsp3) is 0.350. The molecule has 0 unspecified atom stereocenters. The van der Waals surface area contributed by atoms with Crippen LogP contribution in [-0.2, 0) is 22.6 Å². The second kappa shape index (κ2) is 8.10. The molecule has 0 saturated carbocycles. The molecule has 26 heavy (non-hydrogen) atoms. The molecule has 0 radical (unpaired) electrons. The van der Waals surface area contributed by atoms with Crippen LogP contribution in [0.15, 0.2) is 60.8 Å². The first kappa shape index (κ1) is 18.1. The Morgan fingerprint density at radius 3 is 2.23 bits per heavy atom. The van der Waals surface area contributed by atoms with Crippen LogP contribution in [0, 0.1) is 0 Å². The average Bonchev–Trinajstić information content (AvgIpc) is 2.68. The predicted octanol–water partition coefficient (Wildman–Crippen LogP) is 2.59. The standard InChI is InChI=1S/C20H24N4O2/c1-15-19(20(25)26-3)14-23(12-17-6-4-8-21-10-17)16(2)24(15)13-18-7-5-9-22-11-18/h4-11,14-16H,12-13H2,1-3H3/t15-,16+/m0/s1. The topological polar surface area (TPSA) is 58.6 Å². The zero-order valence-corrected chi connectivity index (χ0v) is 15.4. The minimum Gasteiger partial charge on any atom is -0.466 e. The molecule has 136 valence electrons. The Hall–Kier alpha value is -2.73. The third kappa shape index (κ3) is 3.91. The number of ether oxygens (including phenoxy) is 1. The van der Waals surface area contributed by atoms with Gasteiger partial charge in [-0.3, -0.25) is 14.9 Å². The van der Waals surface area contributed by atoms with Crippen molar-refractivity contribution in [3.8, 4) is 0 Å². The van der Waals surface area contributed by atoms with E-state index in [1.165, 1.54) is 7.11 Å². The van der Waals surface area contributed by atoms with E-state index in [2.05, 4.69) is 26.7 Å². The maximum Gasteiger partial charge on any atom is 0.336 e. The summed E-state index contributed by atoms with van der Waals surface area (Å²) in [6.45, 7) is 5.56. The van der Waals surface area contributed by atoms with Gasteiger partial charge in [-0.15, -0.1) is 0 Å². The van der Waals surface area contributed by atoms with Crippen molar-refractivity contribution in [2.45, 2.75) is 39.1 Å². The normalized spacial score (nSPS) is 20.6. The first-order valence-corrected chi connectivity index (χ1v) is 8.69. The lowest BCUT2D eigenvalue weighted by Crippen LogP contribution is -2.53. The molecule has 6 heteroatoms. The van der Waals surface area contributed by atoms with Gasteiger partial charge in [0.25, 0.3) is 0 Å². The fourth-order valence-corrected chi connectivity index (χ4v) is 3.28. The molecule has 0 bridgehead atoms. The second-order valence-corrected chi connectivity index (χ2v) is 6.45. The smallest absolute Gasteiger partial charge is 0.336 e. The quantitative estimate of drug-likeness (QED) is 0.771. The monoisotopic (exact) mass is 352 g/mol. The molecule has 1 aliphatic heterocycles. The summed E-state index contributed by atoms with van der Waals surface area (Å²) >= 11 is 0. The summed E-state index contributed by atoms with van der Waals surface area (Å²) in [7, 11) is 1.42. The highest BCUT2D eigenvalue weighted by molar-refractivity contribution is 5.89. The molecule has 3 heterocycles. The maximum atomic E-state index is 12.3. The summed E-state index contributed by atoms with van der Waals surface area (Å²) in [6, 6.07) is 7.88. The number of nitrogens with zero attached hydrogens (tertiary/aromatic N) is 4. The molecule has 0 aliphatic carbocycles. The van der Waals surface area contributed by atoms with Crippen LogP contribution < -0.4 is 0 Å². The van der Waals surface area contributed by atoms with Gasteiger partial charge in [-0.2, -0.15) is 0 Å². The molecule has 2 atom stereocenters. The van der Waals surface area contributed by atoms with Crippen LogP contribution in [0.1, 0.15) is 25.0 Å². The Morgan fingerprint density at radius 2 is 1.69 bits per heavy atom. The Kier molecular flexibility index (Phi) is 5.63. The molecule has 0 fully saturated rings. The van der Waals surface area contributed by atoms with E-state index >= 15 is 0 Å². The number of methoxy groups -OCH3 is 1. The molecule has 2 aromatic rings. The van der Waals surface area contributed by atoms with Crippen molar-refractivity contribution >= 4 is 5.97 Å². The van der Waals surface area contributed by atoms with Crippen molar-refractivity contribution < 1.29 is 9.53 Å². The number of carbonyl (C=O) groups is 1. The predicted molar refractivity (Wildman–Crippen MR) is 98.6 cm³/mol. The molecule has 0 spiro atoms. The van der Waals surface area contributed by atoms with E-state index in [0.717, 1.165) is 11.1 Å². The van der Waals surface area contributed by atoms with Crippen molar-refractivity contribution in [3.05, 3.63) is 72.0 Å². The number of rotatable bonds is 5. The lowest BCUT2D eigenvalue weighted by Gasteiger charge is -2.45. The Balaban J connectivity index is 1.90. The number of esters is 1. The van der Waals surface area contributed by atoms with Gasteiger partial charge >= 0.3 is 5.97 Å². The SMILES string of the molecule is COC(=O)C1=CN(Cc2cccnc2)[C@@H](C)N(Cc2cccnc2)[C@H]1C. The first-order valence-electron chi connectivity index (χ1n) is 8.69. The summed E-state index contributed by atoms with van der Waals surface area (Å²) in [4.78, 5) is 25.1. The van der Waals surface area contributed by atoms with E-state index < -0.39 is 0 Å². The van der Waals surface area contributed by atoms with E-state index in [4.69, 9.17) is 4.74 Å². The van der Waals surface area contributed by atoms with Gasteiger partial charge in [0.15, 0.2) is 0 Å². The molecule has 0 amide bonds. The zero-order valence-electron chi connectivity index (χ0n) is 15.4. The minimum absolute atomic E-state index is 0.0530. The lowest BCUT2D eigenvalue weighted by atomic mass is 10.0. The van der Waals surface area contributed by atoms with Gasteiger partial charge in [-0.05, 0) is 37.1 Å². The zero-order chi connectivity index (χ0) is 18.5. The van der Waals surface area contributed by atoms with Gasteiger partial charge in [0.05, 0.1) is 18.8 Å². The minimum atomic E-state index is -0.295. The summed E-state index contributed by atoms with van der Waals surface area (Å²) in [6.07, 6.45) is 9.27. The van der Waals surface area contributed by atoms with Gasteiger partial charge in [-0.1, -0.05) is 12.1 Å². The molecule has 0 N–H and O–H groups in total. The summed E-state index contributed by atoms with van der Waals surface area (Å²) in [5.41, 5.74) is 2.85. The van der Waals surface area contributed by atoms with Crippen LogP contribution in [0.3, 0.4) is 0 Å². The second-order valence-electron chi connectivity index (χ2n) is 6.45. The molecule has 0 aromatic carbocycles. The number of carbonyl (C=O) groups excluding carboxylic acids is 1. The summed E-state index contributed by atoms with van der Waals surface area (Å²) < 4.78 is 5.01. The van der Waals surface area contributed by atoms with Gasteiger partial charge < -0.3 is 9.64 Å². The number of hydrogen-bond donors (Lipinski definition) is 0. The molecule has 0 saturated heterocycles. The van der Waals surface area contributed by atoms with Crippen molar-refractivity contribution in [3.63, 3.8) is 0 Å². The van der Waals surface area contributed by atoms with E-state index in [0.29, 0.717) is 18.7 Å². The van der Waals surface area contributed by atoms with Crippen LogP contribution in [0.5, 0.6) is 0 Å². The molecular weight excluding hydrogens is 328 g/mol. The van der Waals surface area contributed by atoms with Crippen LogP contribution >= 0.6 is 0 Å². The Labute approximate surface area is 154 Å². The number of aromatic nitrogens is 2. The molecule has 3 rings (SSSR count). The van der Waals surface area contributed by atoms with Crippen molar-refractivity contribution in [2.24, 2.45) is 0 Å². The summed E-state index contributed by atoms with van der Waals surface area (Å²) in [5.74, 6) is -0.295. The summed E-state index contributed by atoms with van der Waals surface area (Å²) in [5, 5.41) is 0. The van der Waals surface area contributed by atoms with E-state index in [1.54, 1.807) is 12.4 Å². The molecule has 1 aliphatic rings. The van der Waals surface area contributed by atoms with Gasteiger partial charge in [0.1, 0.15) is 0 Å². The number of hydrogen-bond acceptors (Lipinski definition) is 6. The van der Waals surface area contributed by atoms with Crippen molar-refractivity contribution in [1.82, 2.24) is 19.8 Å². The highest BCUT2D eigenvalue weighted by atomic mass is 16.5. The van der Waals surface area contributed by atoms with Gasteiger partial charge in [-0.25, -0.2) is 4.79 Å². The van der Waals surface area contributed by atoms with E-state index in [9.17, 15) is 4.79 Å². The third-order valence-electron chi connectivity index (χ3n) is 4.81. The fourth-order valence-electron chi connectivity index (χ4n) is 3.28. The van der Waals surface area contributed by atoms with Crippen LogP contribution in [0.2, 0.25) is 0 Å². The van der Waals surface area contributed by atoms with E-state index in [1.807, 2.05) is 49.8 Å². The van der Waals surface area contributed by atoms with Crippen LogP contribution in [-0.4, -0.2) is 45.1 Å². The maximum absolute atomic E-state index is 12.3. The highest BCUT2D eigenvalue weighted by Gasteiger charge is 2.34. The highest BCUT2D eigenvalue weighted by Crippen LogP contribution is 2.27. The molecule has 2 aromatic heterocycles.